The Hall–Kier alpha value is -1.72. The Bertz CT molecular complexity index is 424. The predicted molar refractivity (Wildman–Crippen MR) is 49.2 cm³/mol. The molecule has 0 saturated carbocycles. The quantitative estimate of drug-likeness (QED) is 0.759. The van der Waals surface area contributed by atoms with E-state index in [1.165, 1.54) is 6.92 Å². The number of hydrogen-bond acceptors (Lipinski definition) is 3. The van der Waals surface area contributed by atoms with Crippen molar-refractivity contribution in [2.24, 2.45) is 0 Å². The standard InChI is InChI=1S/C10H9F3O3/c1-5-3-6(9(15)16-2)4-7(8(5)14)10(11,12)13/h3-4,14H,1-2H3. The second-order valence-corrected chi connectivity index (χ2v) is 3.18. The maximum atomic E-state index is 12.5. The molecule has 0 heterocycles. The monoisotopic (exact) mass is 234 g/mol. The molecule has 1 aromatic rings. The van der Waals surface area contributed by atoms with Crippen LogP contribution in [0.5, 0.6) is 5.75 Å². The first-order valence-electron chi connectivity index (χ1n) is 4.26. The molecular weight excluding hydrogens is 225 g/mol. The molecule has 1 rings (SSSR count). The fourth-order valence-corrected chi connectivity index (χ4v) is 1.23. The van der Waals surface area contributed by atoms with Crippen molar-refractivity contribution in [3.8, 4) is 5.75 Å². The van der Waals surface area contributed by atoms with Crippen molar-refractivity contribution in [2.45, 2.75) is 13.1 Å². The van der Waals surface area contributed by atoms with Gasteiger partial charge in [0.2, 0.25) is 0 Å². The van der Waals surface area contributed by atoms with E-state index in [-0.39, 0.29) is 11.1 Å². The van der Waals surface area contributed by atoms with Crippen LogP contribution in [-0.2, 0) is 10.9 Å². The number of rotatable bonds is 1. The van der Waals surface area contributed by atoms with Gasteiger partial charge >= 0.3 is 12.1 Å². The zero-order chi connectivity index (χ0) is 12.5. The number of ether oxygens (including phenoxy) is 1. The SMILES string of the molecule is COC(=O)c1cc(C)c(O)c(C(F)(F)F)c1. The van der Waals surface area contributed by atoms with E-state index in [1.807, 2.05) is 0 Å². The maximum Gasteiger partial charge on any atom is 0.419 e. The molecule has 6 heteroatoms. The second-order valence-electron chi connectivity index (χ2n) is 3.18. The number of aromatic hydroxyl groups is 1. The van der Waals surface area contributed by atoms with Gasteiger partial charge in [-0.15, -0.1) is 0 Å². The number of phenols is 1. The number of esters is 1. The fourth-order valence-electron chi connectivity index (χ4n) is 1.23. The third-order valence-electron chi connectivity index (χ3n) is 2.03. The Morgan fingerprint density at radius 3 is 2.38 bits per heavy atom. The molecule has 0 bridgehead atoms. The van der Waals surface area contributed by atoms with E-state index in [0.29, 0.717) is 6.07 Å². The zero-order valence-electron chi connectivity index (χ0n) is 8.55. The van der Waals surface area contributed by atoms with Crippen LogP contribution >= 0.6 is 0 Å². The average molecular weight is 234 g/mol. The van der Waals surface area contributed by atoms with Gasteiger partial charge in [-0.25, -0.2) is 4.79 Å². The molecule has 88 valence electrons. The van der Waals surface area contributed by atoms with E-state index < -0.39 is 23.5 Å². The van der Waals surface area contributed by atoms with Crippen LogP contribution < -0.4 is 0 Å². The molecule has 0 fully saturated rings. The average Bonchev–Trinajstić information content (AvgIpc) is 2.18. The topological polar surface area (TPSA) is 46.5 Å². The van der Waals surface area contributed by atoms with E-state index in [0.717, 1.165) is 13.2 Å². The lowest BCUT2D eigenvalue weighted by Crippen LogP contribution is -2.10. The highest BCUT2D eigenvalue weighted by atomic mass is 19.4. The minimum Gasteiger partial charge on any atom is -0.507 e. The largest absolute Gasteiger partial charge is 0.507 e. The van der Waals surface area contributed by atoms with E-state index in [4.69, 9.17) is 0 Å². The maximum absolute atomic E-state index is 12.5. The zero-order valence-corrected chi connectivity index (χ0v) is 8.55. The second kappa shape index (κ2) is 4.03. The van der Waals surface area contributed by atoms with E-state index in [1.54, 1.807) is 0 Å². The van der Waals surface area contributed by atoms with Gasteiger partial charge in [0.25, 0.3) is 0 Å². The summed E-state index contributed by atoms with van der Waals surface area (Å²) in [6.07, 6.45) is -4.71. The first-order chi connectivity index (χ1) is 7.27. The van der Waals surface area contributed by atoms with Gasteiger partial charge in [0.15, 0.2) is 0 Å². The molecule has 0 saturated heterocycles. The van der Waals surface area contributed by atoms with Crippen molar-refractivity contribution in [2.75, 3.05) is 7.11 Å². The number of alkyl halides is 3. The number of benzene rings is 1. The summed E-state index contributed by atoms with van der Waals surface area (Å²) in [6, 6.07) is 1.70. The Kier molecular flexibility index (Phi) is 3.11. The molecule has 0 spiro atoms. The molecule has 16 heavy (non-hydrogen) atoms. The Labute approximate surface area is 89.5 Å². The van der Waals surface area contributed by atoms with E-state index >= 15 is 0 Å². The van der Waals surface area contributed by atoms with Crippen LogP contribution in [0.25, 0.3) is 0 Å². The molecule has 1 N–H and O–H groups in total. The highest BCUT2D eigenvalue weighted by Gasteiger charge is 2.35. The van der Waals surface area contributed by atoms with Crippen LogP contribution in [-0.4, -0.2) is 18.2 Å². The molecule has 0 aliphatic heterocycles. The van der Waals surface area contributed by atoms with Gasteiger partial charge in [0, 0.05) is 0 Å². The first kappa shape index (κ1) is 12.4. The van der Waals surface area contributed by atoms with Crippen LogP contribution in [0.4, 0.5) is 13.2 Å². The Morgan fingerprint density at radius 1 is 1.38 bits per heavy atom. The van der Waals surface area contributed by atoms with Crippen LogP contribution in [0.3, 0.4) is 0 Å². The molecule has 0 radical (unpaired) electrons. The van der Waals surface area contributed by atoms with Crippen LogP contribution in [0.15, 0.2) is 12.1 Å². The summed E-state index contributed by atoms with van der Waals surface area (Å²) < 4.78 is 41.7. The van der Waals surface area contributed by atoms with Gasteiger partial charge < -0.3 is 9.84 Å². The van der Waals surface area contributed by atoms with Crippen molar-refractivity contribution < 1.29 is 27.8 Å². The van der Waals surface area contributed by atoms with Crippen molar-refractivity contribution in [3.63, 3.8) is 0 Å². The molecule has 0 aliphatic rings. The molecule has 0 unspecified atom stereocenters. The van der Waals surface area contributed by atoms with Crippen molar-refractivity contribution in [1.82, 2.24) is 0 Å². The summed E-state index contributed by atoms with van der Waals surface area (Å²) in [5, 5.41) is 9.24. The minimum absolute atomic E-state index is 0.0322. The Morgan fingerprint density at radius 2 is 1.94 bits per heavy atom. The molecule has 0 atom stereocenters. The van der Waals surface area contributed by atoms with Crippen LogP contribution in [0.1, 0.15) is 21.5 Å². The normalized spacial score (nSPS) is 11.3. The Balaban J connectivity index is 3.39. The summed E-state index contributed by atoms with van der Waals surface area (Å²) in [4.78, 5) is 11.1. The smallest absolute Gasteiger partial charge is 0.419 e. The van der Waals surface area contributed by atoms with Crippen molar-refractivity contribution >= 4 is 5.97 Å². The lowest BCUT2D eigenvalue weighted by atomic mass is 10.0. The van der Waals surface area contributed by atoms with Gasteiger partial charge in [0.05, 0.1) is 18.2 Å². The van der Waals surface area contributed by atoms with Crippen LogP contribution in [0, 0.1) is 6.92 Å². The molecule has 3 nitrogen and oxygen atoms in total. The van der Waals surface area contributed by atoms with Crippen molar-refractivity contribution in [1.29, 1.82) is 0 Å². The number of phenolic OH excluding ortho intramolecular Hbond substituents is 1. The number of methoxy groups -OCH3 is 1. The number of carbonyl (C=O) groups is 1. The van der Waals surface area contributed by atoms with Gasteiger partial charge in [-0.3, -0.25) is 0 Å². The summed E-state index contributed by atoms with van der Waals surface area (Å²) in [5.74, 6) is -1.76. The van der Waals surface area contributed by atoms with E-state index in [2.05, 4.69) is 4.74 Å². The number of aryl methyl sites for hydroxylation is 1. The van der Waals surface area contributed by atoms with Crippen LogP contribution in [0.2, 0.25) is 0 Å². The first-order valence-corrected chi connectivity index (χ1v) is 4.26. The molecule has 0 aromatic heterocycles. The third-order valence-corrected chi connectivity index (χ3v) is 2.03. The number of carbonyl (C=O) groups excluding carboxylic acids is 1. The van der Waals surface area contributed by atoms with Gasteiger partial charge in [-0.2, -0.15) is 13.2 Å². The third kappa shape index (κ3) is 2.26. The lowest BCUT2D eigenvalue weighted by molar-refractivity contribution is -0.138. The van der Waals surface area contributed by atoms with Gasteiger partial charge in [-0.1, -0.05) is 0 Å². The lowest BCUT2D eigenvalue weighted by Gasteiger charge is -2.12. The summed E-state index contributed by atoms with van der Waals surface area (Å²) in [7, 11) is 1.07. The summed E-state index contributed by atoms with van der Waals surface area (Å²) >= 11 is 0. The highest BCUT2D eigenvalue weighted by molar-refractivity contribution is 5.90. The van der Waals surface area contributed by atoms with Gasteiger partial charge in [-0.05, 0) is 24.6 Å². The molecular formula is C10H9F3O3. The van der Waals surface area contributed by atoms with Gasteiger partial charge in [0.1, 0.15) is 5.75 Å². The molecule has 0 amide bonds. The fraction of sp³-hybridized carbons (Fsp3) is 0.300. The summed E-state index contributed by atoms with van der Waals surface area (Å²) in [5.41, 5.74) is -1.52. The van der Waals surface area contributed by atoms with Crippen molar-refractivity contribution in [3.05, 3.63) is 28.8 Å². The highest BCUT2D eigenvalue weighted by Crippen LogP contribution is 2.38. The predicted octanol–water partition coefficient (Wildman–Crippen LogP) is 2.51. The minimum atomic E-state index is -4.71. The number of halogens is 3. The molecule has 0 aliphatic carbocycles. The molecule has 1 aromatic carbocycles. The van der Waals surface area contributed by atoms with E-state index in [9.17, 15) is 23.1 Å². The number of hydrogen-bond donors (Lipinski definition) is 1. The summed E-state index contributed by atoms with van der Waals surface area (Å²) in [6.45, 7) is 1.27.